The van der Waals surface area contributed by atoms with Crippen molar-refractivity contribution < 1.29 is 8.78 Å². The summed E-state index contributed by atoms with van der Waals surface area (Å²) >= 11 is 1.53. The highest BCUT2D eigenvalue weighted by Gasteiger charge is 2.17. The molecule has 90 valence electrons. The first-order valence-corrected chi connectivity index (χ1v) is 6.18. The van der Waals surface area contributed by atoms with E-state index in [-0.39, 0.29) is 0 Å². The van der Waals surface area contributed by atoms with E-state index in [4.69, 9.17) is 5.73 Å². The molecule has 1 nitrogen and oxygen atoms in total. The number of halogens is 2. The van der Waals surface area contributed by atoms with Gasteiger partial charge in [-0.05, 0) is 47.4 Å². The molecule has 1 aromatic heterocycles. The highest BCUT2D eigenvalue weighted by molar-refractivity contribution is 7.08. The van der Waals surface area contributed by atoms with E-state index < -0.39 is 17.7 Å². The van der Waals surface area contributed by atoms with E-state index in [2.05, 4.69) is 0 Å². The molecule has 4 heteroatoms. The molecule has 0 bridgehead atoms. The van der Waals surface area contributed by atoms with Gasteiger partial charge in [-0.1, -0.05) is 0 Å². The Labute approximate surface area is 103 Å². The van der Waals surface area contributed by atoms with Gasteiger partial charge in [-0.2, -0.15) is 11.3 Å². The summed E-state index contributed by atoms with van der Waals surface area (Å²) in [5.41, 5.74) is 8.69. The molecule has 0 aliphatic heterocycles. The van der Waals surface area contributed by atoms with Crippen LogP contribution in [0.1, 0.15) is 28.3 Å². The van der Waals surface area contributed by atoms with Gasteiger partial charge in [-0.25, -0.2) is 8.78 Å². The lowest BCUT2D eigenvalue weighted by Gasteiger charge is -2.14. The Balaban J connectivity index is 2.48. The summed E-state index contributed by atoms with van der Waals surface area (Å²) in [5, 5.41) is 3.86. The predicted octanol–water partition coefficient (Wildman–Crippen LogP) is 3.69. The lowest BCUT2D eigenvalue weighted by Crippen LogP contribution is -2.14. The third-order valence-electron chi connectivity index (χ3n) is 2.84. The van der Waals surface area contributed by atoms with Gasteiger partial charge in [-0.3, -0.25) is 0 Å². The molecule has 0 spiro atoms. The van der Waals surface area contributed by atoms with Gasteiger partial charge in [0.25, 0.3) is 0 Å². The van der Waals surface area contributed by atoms with Crippen LogP contribution in [0.5, 0.6) is 0 Å². The van der Waals surface area contributed by atoms with E-state index in [0.717, 1.165) is 17.2 Å². The maximum atomic E-state index is 13.7. The summed E-state index contributed by atoms with van der Waals surface area (Å²) in [6.45, 7) is 3.53. The Morgan fingerprint density at radius 1 is 1.00 bits per heavy atom. The number of thiophene rings is 1. The quantitative estimate of drug-likeness (QED) is 0.867. The molecule has 2 N–H and O–H groups in total. The largest absolute Gasteiger partial charge is 0.320 e. The summed E-state index contributed by atoms with van der Waals surface area (Å²) < 4.78 is 26.9. The zero-order chi connectivity index (χ0) is 12.6. The number of nitrogens with two attached hydrogens (primary N) is 1. The predicted molar refractivity (Wildman–Crippen MR) is 66.2 cm³/mol. The number of aryl methyl sites for hydroxylation is 2. The SMILES string of the molecule is Cc1cc(C(N)c2cscc2C)c(F)cc1F. The maximum absolute atomic E-state index is 13.7. The average molecular weight is 253 g/mol. The topological polar surface area (TPSA) is 26.0 Å². The van der Waals surface area contributed by atoms with Crippen molar-refractivity contribution in [3.8, 4) is 0 Å². The second kappa shape index (κ2) is 4.55. The van der Waals surface area contributed by atoms with Crippen LogP contribution >= 0.6 is 11.3 Å². The fourth-order valence-electron chi connectivity index (χ4n) is 1.77. The fraction of sp³-hybridized carbons (Fsp3) is 0.231. The van der Waals surface area contributed by atoms with Crippen molar-refractivity contribution in [3.05, 3.63) is 56.8 Å². The van der Waals surface area contributed by atoms with E-state index in [1.54, 1.807) is 6.92 Å². The monoisotopic (exact) mass is 253 g/mol. The van der Waals surface area contributed by atoms with Crippen LogP contribution in [-0.2, 0) is 0 Å². The second-order valence-corrected chi connectivity index (χ2v) is 4.85. The summed E-state index contributed by atoms with van der Waals surface area (Å²) in [6.07, 6.45) is 0. The molecular weight excluding hydrogens is 240 g/mol. The first-order chi connectivity index (χ1) is 8.00. The van der Waals surface area contributed by atoms with Crippen molar-refractivity contribution in [2.45, 2.75) is 19.9 Å². The van der Waals surface area contributed by atoms with Gasteiger partial charge in [0, 0.05) is 11.6 Å². The average Bonchev–Trinajstić information content (AvgIpc) is 2.69. The van der Waals surface area contributed by atoms with Crippen LogP contribution in [-0.4, -0.2) is 0 Å². The molecule has 0 saturated carbocycles. The highest BCUT2D eigenvalue weighted by atomic mass is 32.1. The van der Waals surface area contributed by atoms with E-state index in [1.165, 1.54) is 17.4 Å². The molecule has 1 atom stereocenters. The standard InChI is InChI=1S/C13H13F2NS/c1-7-3-9(12(15)4-11(7)14)13(16)10-6-17-5-8(10)2/h3-6,13H,16H2,1-2H3. The number of hydrogen-bond donors (Lipinski definition) is 1. The van der Waals surface area contributed by atoms with Crippen molar-refractivity contribution in [3.63, 3.8) is 0 Å². The molecule has 2 aromatic rings. The van der Waals surface area contributed by atoms with E-state index in [1.807, 2.05) is 17.7 Å². The lowest BCUT2D eigenvalue weighted by molar-refractivity contribution is 0.561. The van der Waals surface area contributed by atoms with Crippen LogP contribution in [0.2, 0.25) is 0 Å². The third-order valence-corrected chi connectivity index (χ3v) is 3.72. The Bertz CT molecular complexity index is 548. The molecule has 1 heterocycles. The summed E-state index contributed by atoms with van der Waals surface area (Å²) in [4.78, 5) is 0. The van der Waals surface area contributed by atoms with Gasteiger partial charge >= 0.3 is 0 Å². The minimum atomic E-state index is -0.591. The minimum absolute atomic E-state index is 0.338. The van der Waals surface area contributed by atoms with E-state index in [9.17, 15) is 8.78 Å². The molecule has 2 rings (SSSR count). The molecule has 1 aromatic carbocycles. The first kappa shape index (κ1) is 12.2. The van der Waals surface area contributed by atoms with E-state index >= 15 is 0 Å². The second-order valence-electron chi connectivity index (χ2n) is 4.11. The summed E-state index contributed by atoms with van der Waals surface area (Å²) in [6, 6.07) is 1.83. The van der Waals surface area contributed by atoms with Crippen molar-refractivity contribution in [1.82, 2.24) is 0 Å². The molecule has 0 aliphatic rings. The number of benzene rings is 1. The fourth-order valence-corrected chi connectivity index (χ4v) is 2.66. The van der Waals surface area contributed by atoms with Crippen LogP contribution in [0, 0.1) is 25.5 Å². The summed E-state index contributed by atoms with van der Waals surface area (Å²) in [7, 11) is 0. The molecule has 1 unspecified atom stereocenters. The number of hydrogen-bond acceptors (Lipinski definition) is 2. The van der Waals surface area contributed by atoms with Crippen LogP contribution in [0.15, 0.2) is 22.9 Å². The van der Waals surface area contributed by atoms with Gasteiger partial charge in [-0.15, -0.1) is 0 Å². The zero-order valence-corrected chi connectivity index (χ0v) is 10.4. The lowest BCUT2D eigenvalue weighted by atomic mass is 9.97. The van der Waals surface area contributed by atoms with Gasteiger partial charge in [0.2, 0.25) is 0 Å². The van der Waals surface area contributed by atoms with Crippen LogP contribution < -0.4 is 5.73 Å². The third kappa shape index (κ3) is 2.23. The van der Waals surface area contributed by atoms with Crippen molar-refractivity contribution in [2.75, 3.05) is 0 Å². The van der Waals surface area contributed by atoms with Crippen LogP contribution in [0.4, 0.5) is 8.78 Å². The van der Waals surface area contributed by atoms with Crippen LogP contribution in [0.3, 0.4) is 0 Å². The smallest absolute Gasteiger partial charge is 0.131 e. The molecule has 0 amide bonds. The van der Waals surface area contributed by atoms with Crippen molar-refractivity contribution in [2.24, 2.45) is 5.73 Å². The maximum Gasteiger partial charge on any atom is 0.131 e. The molecule has 0 saturated heterocycles. The normalized spacial score (nSPS) is 12.8. The van der Waals surface area contributed by atoms with Crippen molar-refractivity contribution >= 4 is 11.3 Å². The number of rotatable bonds is 2. The molecule has 0 fully saturated rings. The Morgan fingerprint density at radius 2 is 1.71 bits per heavy atom. The van der Waals surface area contributed by atoms with E-state index in [0.29, 0.717) is 11.1 Å². The van der Waals surface area contributed by atoms with Gasteiger partial charge in [0.1, 0.15) is 11.6 Å². The Morgan fingerprint density at radius 3 is 2.29 bits per heavy atom. The van der Waals surface area contributed by atoms with Gasteiger partial charge < -0.3 is 5.73 Å². The highest BCUT2D eigenvalue weighted by Crippen LogP contribution is 2.28. The van der Waals surface area contributed by atoms with Gasteiger partial charge in [0.15, 0.2) is 0 Å². The van der Waals surface area contributed by atoms with Crippen molar-refractivity contribution in [1.29, 1.82) is 0 Å². The summed E-state index contributed by atoms with van der Waals surface area (Å²) in [5.74, 6) is -1.13. The first-order valence-electron chi connectivity index (χ1n) is 5.24. The molecule has 0 radical (unpaired) electrons. The molecule has 0 aliphatic carbocycles. The molecular formula is C13H13F2NS. The van der Waals surface area contributed by atoms with Crippen LogP contribution in [0.25, 0.3) is 0 Å². The Kier molecular flexibility index (Phi) is 3.26. The minimum Gasteiger partial charge on any atom is -0.320 e. The zero-order valence-electron chi connectivity index (χ0n) is 9.63. The van der Waals surface area contributed by atoms with Gasteiger partial charge in [0.05, 0.1) is 6.04 Å². The molecule has 17 heavy (non-hydrogen) atoms. The Hall–Kier alpha value is -1.26.